The van der Waals surface area contributed by atoms with E-state index in [1.165, 1.54) is 16.8 Å². The molecule has 3 aromatic carbocycles. The lowest BCUT2D eigenvalue weighted by atomic mass is 10.00. The predicted octanol–water partition coefficient (Wildman–Crippen LogP) is 3.84. The number of benzene rings is 3. The zero-order valence-electron chi connectivity index (χ0n) is 9.18. The van der Waals surface area contributed by atoms with Crippen molar-refractivity contribution < 1.29 is 4.79 Å². The number of rotatable bonds is 1. The van der Waals surface area contributed by atoms with Crippen molar-refractivity contribution in [1.82, 2.24) is 0 Å². The maximum Gasteiger partial charge on any atom is 0.125 e. The molecule has 0 saturated carbocycles. The molecular formula is C16H10O. The van der Waals surface area contributed by atoms with E-state index in [0.717, 1.165) is 16.3 Å². The Morgan fingerprint density at radius 1 is 0.824 bits per heavy atom. The van der Waals surface area contributed by atoms with Gasteiger partial charge in [0.2, 0.25) is 0 Å². The molecule has 0 aromatic heterocycles. The van der Waals surface area contributed by atoms with Gasteiger partial charge in [-0.15, -0.1) is 0 Å². The Morgan fingerprint density at radius 2 is 1.53 bits per heavy atom. The van der Waals surface area contributed by atoms with Crippen LogP contribution in [0.4, 0.5) is 0 Å². The van der Waals surface area contributed by atoms with Gasteiger partial charge in [0, 0.05) is 6.08 Å². The highest BCUT2D eigenvalue weighted by Crippen LogP contribution is 2.25. The first-order valence-corrected chi connectivity index (χ1v) is 5.51. The van der Waals surface area contributed by atoms with Gasteiger partial charge in [-0.05, 0) is 39.2 Å². The second kappa shape index (κ2) is 3.89. The summed E-state index contributed by atoms with van der Waals surface area (Å²) in [7, 11) is 0. The third kappa shape index (κ3) is 1.63. The molecule has 0 bridgehead atoms. The molecule has 0 aliphatic carbocycles. The third-order valence-electron chi connectivity index (χ3n) is 2.99. The number of hydrogen-bond acceptors (Lipinski definition) is 1. The molecule has 0 aliphatic rings. The van der Waals surface area contributed by atoms with Gasteiger partial charge in [-0.25, -0.2) is 4.79 Å². The molecule has 0 aliphatic heterocycles. The molecule has 0 N–H and O–H groups in total. The molecular weight excluding hydrogens is 208 g/mol. The van der Waals surface area contributed by atoms with E-state index in [2.05, 4.69) is 30.3 Å². The summed E-state index contributed by atoms with van der Waals surface area (Å²) in [6.07, 6.45) is 1.48. The van der Waals surface area contributed by atoms with Crippen molar-refractivity contribution in [3.63, 3.8) is 0 Å². The average molecular weight is 218 g/mol. The summed E-state index contributed by atoms with van der Waals surface area (Å²) in [6, 6.07) is 18.4. The van der Waals surface area contributed by atoms with Gasteiger partial charge in [0.05, 0.1) is 0 Å². The van der Waals surface area contributed by atoms with Crippen molar-refractivity contribution in [3.05, 3.63) is 60.2 Å². The minimum Gasteiger partial charge on any atom is -0.233 e. The first-order chi connectivity index (χ1) is 8.38. The zero-order chi connectivity index (χ0) is 11.7. The third-order valence-corrected chi connectivity index (χ3v) is 2.99. The lowest BCUT2D eigenvalue weighted by Crippen LogP contribution is -1.80. The minimum atomic E-state index is 0.920. The second-order valence-corrected chi connectivity index (χ2v) is 4.03. The molecule has 0 fully saturated rings. The van der Waals surface area contributed by atoms with Gasteiger partial charge in [-0.1, -0.05) is 42.5 Å². The SMILES string of the molecule is O=C=Cc1cccc2cc3ccccc3cc12. The Balaban J connectivity index is 2.47. The first kappa shape index (κ1) is 9.83. The van der Waals surface area contributed by atoms with Gasteiger partial charge < -0.3 is 0 Å². The van der Waals surface area contributed by atoms with Crippen LogP contribution in [0.2, 0.25) is 0 Å². The van der Waals surface area contributed by atoms with Gasteiger partial charge in [0.1, 0.15) is 5.94 Å². The molecule has 0 radical (unpaired) electrons. The molecule has 0 spiro atoms. The van der Waals surface area contributed by atoms with Crippen LogP contribution >= 0.6 is 0 Å². The Kier molecular flexibility index (Phi) is 2.25. The van der Waals surface area contributed by atoms with Gasteiger partial charge in [-0.3, -0.25) is 0 Å². The molecule has 0 atom stereocenters. The van der Waals surface area contributed by atoms with Crippen LogP contribution in [-0.2, 0) is 4.79 Å². The quantitative estimate of drug-likeness (QED) is 0.448. The van der Waals surface area contributed by atoms with Gasteiger partial charge >= 0.3 is 0 Å². The first-order valence-electron chi connectivity index (χ1n) is 5.51. The smallest absolute Gasteiger partial charge is 0.125 e. The molecule has 80 valence electrons. The van der Waals surface area contributed by atoms with Crippen LogP contribution in [0.15, 0.2) is 54.6 Å². The van der Waals surface area contributed by atoms with Crippen LogP contribution in [0.25, 0.3) is 27.6 Å². The number of carbonyl (C=O) groups excluding carboxylic acids is 1. The van der Waals surface area contributed by atoms with Crippen LogP contribution in [0.5, 0.6) is 0 Å². The van der Waals surface area contributed by atoms with E-state index < -0.39 is 0 Å². The molecule has 0 heterocycles. The summed E-state index contributed by atoms with van der Waals surface area (Å²) in [5, 5.41) is 4.64. The summed E-state index contributed by atoms with van der Waals surface area (Å²) in [5.41, 5.74) is 0.920. The number of fused-ring (bicyclic) bond motifs is 2. The second-order valence-electron chi connectivity index (χ2n) is 4.03. The monoisotopic (exact) mass is 218 g/mol. The lowest BCUT2D eigenvalue weighted by molar-refractivity contribution is 0.570. The van der Waals surface area contributed by atoms with E-state index in [4.69, 9.17) is 0 Å². The summed E-state index contributed by atoms with van der Waals surface area (Å²) >= 11 is 0. The highest BCUT2D eigenvalue weighted by Gasteiger charge is 2.00. The fourth-order valence-corrected chi connectivity index (χ4v) is 2.18. The van der Waals surface area contributed by atoms with Crippen LogP contribution in [-0.4, -0.2) is 5.94 Å². The predicted molar refractivity (Wildman–Crippen MR) is 71.6 cm³/mol. The van der Waals surface area contributed by atoms with Crippen LogP contribution in [0, 0.1) is 0 Å². The number of hydrogen-bond donors (Lipinski definition) is 0. The molecule has 0 saturated heterocycles. The van der Waals surface area contributed by atoms with E-state index in [1.54, 1.807) is 0 Å². The van der Waals surface area contributed by atoms with Crippen molar-refractivity contribution >= 4 is 33.6 Å². The van der Waals surface area contributed by atoms with Crippen molar-refractivity contribution in [2.24, 2.45) is 0 Å². The largest absolute Gasteiger partial charge is 0.233 e. The lowest BCUT2D eigenvalue weighted by Gasteiger charge is -2.04. The van der Waals surface area contributed by atoms with Crippen molar-refractivity contribution in [2.75, 3.05) is 0 Å². The van der Waals surface area contributed by atoms with E-state index in [1.807, 2.05) is 30.2 Å². The van der Waals surface area contributed by atoms with Crippen LogP contribution in [0.1, 0.15) is 5.56 Å². The maximum atomic E-state index is 10.5. The molecule has 0 amide bonds. The Bertz CT molecular complexity index is 750. The fourth-order valence-electron chi connectivity index (χ4n) is 2.18. The molecule has 1 nitrogen and oxygen atoms in total. The minimum absolute atomic E-state index is 0.920. The summed E-state index contributed by atoms with van der Waals surface area (Å²) < 4.78 is 0. The van der Waals surface area contributed by atoms with Crippen molar-refractivity contribution in [1.29, 1.82) is 0 Å². The highest BCUT2D eigenvalue weighted by molar-refractivity contribution is 6.03. The summed E-state index contributed by atoms with van der Waals surface area (Å²) in [4.78, 5) is 10.5. The van der Waals surface area contributed by atoms with Gasteiger partial charge in [0.25, 0.3) is 0 Å². The van der Waals surface area contributed by atoms with Gasteiger partial charge in [-0.2, -0.15) is 0 Å². The topological polar surface area (TPSA) is 17.1 Å². The van der Waals surface area contributed by atoms with E-state index in [0.29, 0.717) is 0 Å². The molecule has 3 aromatic rings. The Hall–Kier alpha value is -2.37. The van der Waals surface area contributed by atoms with Crippen molar-refractivity contribution in [3.8, 4) is 0 Å². The normalized spacial score (nSPS) is 10.4. The molecule has 3 rings (SSSR count). The summed E-state index contributed by atoms with van der Waals surface area (Å²) in [5.74, 6) is 1.85. The van der Waals surface area contributed by atoms with E-state index in [9.17, 15) is 4.79 Å². The standard InChI is InChI=1S/C16H10O/c17-9-8-12-6-3-7-15-10-13-4-1-2-5-14(13)11-16(12)15/h1-8,10-11H. The van der Waals surface area contributed by atoms with E-state index >= 15 is 0 Å². The Labute approximate surface area is 99.0 Å². The Morgan fingerprint density at radius 3 is 2.29 bits per heavy atom. The molecule has 17 heavy (non-hydrogen) atoms. The molecule has 1 heteroatoms. The highest BCUT2D eigenvalue weighted by atomic mass is 16.1. The van der Waals surface area contributed by atoms with E-state index in [-0.39, 0.29) is 0 Å². The fraction of sp³-hybridized carbons (Fsp3) is 0. The molecule has 0 unspecified atom stereocenters. The van der Waals surface area contributed by atoms with Crippen LogP contribution < -0.4 is 0 Å². The van der Waals surface area contributed by atoms with Gasteiger partial charge in [0.15, 0.2) is 0 Å². The van der Waals surface area contributed by atoms with Crippen molar-refractivity contribution in [2.45, 2.75) is 0 Å². The van der Waals surface area contributed by atoms with Crippen LogP contribution in [0.3, 0.4) is 0 Å². The average Bonchev–Trinajstić information content (AvgIpc) is 2.37. The maximum absolute atomic E-state index is 10.5. The zero-order valence-corrected chi connectivity index (χ0v) is 9.18. The summed E-state index contributed by atoms with van der Waals surface area (Å²) in [6.45, 7) is 0.